The smallest absolute Gasteiger partial charge is 0.272 e. The van der Waals surface area contributed by atoms with E-state index >= 15 is 0 Å². The summed E-state index contributed by atoms with van der Waals surface area (Å²) in [7, 11) is 2.07. The van der Waals surface area contributed by atoms with E-state index in [9.17, 15) is 4.79 Å². The number of hydrogen-bond donors (Lipinski definition) is 1. The molecule has 1 N–H and O–H groups in total. The van der Waals surface area contributed by atoms with Crippen molar-refractivity contribution in [1.82, 2.24) is 19.8 Å². The van der Waals surface area contributed by atoms with Crippen molar-refractivity contribution in [2.75, 3.05) is 38.5 Å². The molecule has 1 amide bonds. The molecule has 2 heterocycles. The molecular weight excluding hydrogens is 302 g/mol. The van der Waals surface area contributed by atoms with E-state index in [1.165, 1.54) is 11.1 Å². The van der Waals surface area contributed by atoms with Gasteiger partial charge in [0.1, 0.15) is 5.69 Å². The molecule has 0 saturated carbocycles. The molecule has 1 aromatic carbocycles. The van der Waals surface area contributed by atoms with Gasteiger partial charge >= 0.3 is 0 Å². The molecule has 6 heteroatoms. The molecule has 126 valence electrons. The summed E-state index contributed by atoms with van der Waals surface area (Å²) in [4.78, 5) is 25.3. The van der Waals surface area contributed by atoms with Crippen LogP contribution >= 0.6 is 0 Å². The lowest BCUT2D eigenvalue weighted by Crippen LogP contribution is -2.47. The van der Waals surface area contributed by atoms with Crippen LogP contribution in [0.15, 0.2) is 36.5 Å². The number of aromatic nitrogens is 2. The highest BCUT2D eigenvalue weighted by molar-refractivity contribution is 5.92. The zero-order valence-corrected chi connectivity index (χ0v) is 14.2. The average Bonchev–Trinajstić information content (AvgIpc) is 2.61. The second-order valence-electron chi connectivity index (χ2n) is 6.14. The Morgan fingerprint density at radius 2 is 1.92 bits per heavy atom. The van der Waals surface area contributed by atoms with Crippen LogP contribution in [0.3, 0.4) is 0 Å². The summed E-state index contributed by atoms with van der Waals surface area (Å²) in [5.41, 5.74) is 2.86. The number of benzene rings is 1. The van der Waals surface area contributed by atoms with E-state index in [0.717, 1.165) is 26.2 Å². The van der Waals surface area contributed by atoms with E-state index in [0.29, 0.717) is 18.2 Å². The fraction of sp³-hybridized carbons (Fsp3) is 0.389. The third-order valence-corrected chi connectivity index (χ3v) is 4.36. The van der Waals surface area contributed by atoms with Crippen molar-refractivity contribution in [1.29, 1.82) is 0 Å². The molecule has 0 bridgehead atoms. The first-order chi connectivity index (χ1) is 11.6. The van der Waals surface area contributed by atoms with Gasteiger partial charge in [-0.2, -0.15) is 0 Å². The van der Waals surface area contributed by atoms with Crippen LogP contribution < -0.4 is 5.32 Å². The second kappa shape index (κ2) is 7.40. The zero-order valence-electron chi connectivity index (χ0n) is 14.2. The summed E-state index contributed by atoms with van der Waals surface area (Å²) in [5, 5.41) is 3.21. The van der Waals surface area contributed by atoms with Crippen molar-refractivity contribution in [3.63, 3.8) is 0 Å². The minimum Gasteiger partial charge on any atom is -0.350 e. The first kappa shape index (κ1) is 16.4. The number of hydrogen-bond acceptors (Lipinski definition) is 5. The number of likely N-dealkylation sites (N-methyl/N-ethyl adjacent to an activating group) is 1. The first-order valence-electron chi connectivity index (χ1n) is 8.23. The third-order valence-electron chi connectivity index (χ3n) is 4.36. The van der Waals surface area contributed by atoms with E-state index in [4.69, 9.17) is 0 Å². The molecule has 6 nitrogen and oxygen atoms in total. The summed E-state index contributed by atoms with van der Waals surface area (Å²) >= 11 is 0. The van der Waals surface area contributed by atoms with Crippen LogP contribution in [0.4, 0.5) is 5.95 Å². The maximum absolute atomic E-state index is 12.6. The van der Waals surface area contributed by atoms with E-state index in [1.807, 2.05) is 17.0 Å². The number of carbonyl (C=O) groups excluding carboxylic acids is 1. The molecule has 1 aliphatic heterocycles. The number of nitrogens with zero attached hydrogens (tertiary/aromatic N) is 4. The SMILES string of the molecule is Cc1ccccc1CNc1nccc(C(=O)N2CCN(C)CC2)n1. The number of nitrogens with one attached hydrogen (secondary N) is 1. The Hall–Kier alpha value is -2.47. The summed E-state index contributed by atoms with van der Waals surface area (Å²) in [6, 6.07) is 9.86. The van der Waals surface area contributed by atoms with Crippen molar-refractivity contribution < 1.29 is 4.79 Å². The van der Waals surface area contributed by atoms with E-state index < -0.39 is 0 Å². The van der Waals surface area contributed by atoms with Crippen LogP contribution in [-0.4, -0.2) is 58.9 Å². The van der Waals surface area contributed by atoms with Crippen molar-refractivity contribution >= 4 is 11.9 Å². The molecule has 2 aromatic rings. The van der Waals surface area contributed by atoms with Crippen LogP contribution in [0.2, 0.25) is 0 Å². The molecule has 24 heavy (non-hydrogen) atoms. The zero-order chi connectivity index (χ0) is 16.9. The summed E-state index contributed by atoms with van der Waals surface area (Å²) < 4.78 is 0. The highest BCUT2D eigenvalue weighted by Gasteiger charge is 2.21. The fourth-order valence-corrected chi connectivity index (χ4v) is 2.72. The Bertz CT molecular complexity index is 710. The quantitative estimate of drug-likeness (QED) is 0.928. The molecule has 0 unspecified atom stereocenters. The van der Waals surface area contributed by atoms with Gasteiger partial charge in [0.25, 0.3) is 5.91 Å². The number of rotatable bonds is 4. The molecule has 0 atom stereocenters. The van der Waals surface area contributed by atoms with Crippen LogP contribution in [0.1, 0.15) is 21.6 Å². The lowest BCUT2D eigenvalue weighted by Gasteiger charge is -2.32. The Balaban J connectivity index is 1.65. The Morgan fingerprint density at radius 1 is 1.17 bits per heavy atom. The Labute approximate surface area is 142 Å². The topological polar surface area (TPSA) is 61.4 Å². The van der Waals surface area contributed by atoms with Crippen LogP contribution in [0.5, 0.6) is 0 Å². The molecule has 1 saturated heterocycles. The number of anilines is 1. The fourth-order valence-electron chi connectivity index (χ4n) is 2.72. The van der Waals surface area contributed by atoms with Gasteiger partial charge in [0, 0.05) is 38.9 Å². The van der Waals surface area contributed by atoms with Crippen molar-refractivity contribution in [2.45, 2.75) is 13.5 Å². The lowest BCUT2D eigenvalue weighted by molar-refractivity contribution is 0.0658. The van der Waals surface area contributed by atoms with Gasteiger partial charge in [0.15, 0.2) is 0 Å². The summed E-state index contributed by atoms with van der Waals surface area (Å²) in [5.74, 6) is 0.461. The van der Waals surface area contributed by atoms with Gasteiger partial charge in [-0.15, -0.1) is 0 Å². The minimum atomic E-state index is -0.0237. The molecule has 3 rings (SSSR count). The molecule has 0 radical (unpaired) electrons. The molecule has 1 aliphatic rings. The standard InChI is InChI=1S/C18H23N5O/c1-14-5-3-4-6-15(14)13-20-18-19-8-7-16(21-18)17(24)23-11-9-22(2)10-12-23/h3-8H,9-13H2,1-2H3,(H,19,20,21). The van der Waals surface area contributed by atoms with E-state index in [1.54, 1.807) is 12.3 Å². The van der Waals surface area contributed by atoms with Gasteiger partial charge in [-0.1, -0.05) is 24.3 Å². The first-order valence-corrected chi connectivity index (χ1v) is 8.23. The largest absolute Gasteiger partial charge is 0.350 e. The average molecular weight is 325 g/mol. The van der Waals surface area contributed by atoms with Crippen molar-refractivity contribution in [3.8, 4) is 0 Å². The van der Waals surface area contributed by atoms with Gasteiger partial charge in [0.05, 0.1) is 0 Å². The van der Waals surface area contributed by atoms with E-state index in [2.05, 4.69) is 46.3 Å². The van der Waals surface area contributed by atoms with Crippen molar-refractivity contribution in [2.24, 2.45) is 0 Å². The Morgan fingerprint density at radius 3 is 2.67 bits per heavy atom. The van der Waals surface area contributed by atoms with Crippen LogP contribution in [0, 0.1) is 6.92 Å². The maximum atomic E-state index is 12.6. The minimum absolute atomic E-state index is 0.0237. The van der Waals surface area contributed by atoms with Gasteiger partial charge in [0.2, 0.25) is 5.95 Å². The molecular formula is C18H23N5O. The maximum Gasteiger partial charge on any atom is 0.272 e. The Kier molecular flexibility index (Phi) is 5.05. The summed E-state index contributed by atoms with van der Waals surface area (Å²) in [6.45, 7) is 5.99. The molecule has 0 aliphatic carbocycles. The van der Waals surface area contributed by atoms with Crippen molar-refractivity contribution in [3.05, 3.63) is 53.3 Å². The highest BCUT2D eigenvalue weighted by Crippen LogP contribution is 2.11. The predicted molar refractivity (Wildman–Crippen MR) is 93.9 cm³/mol. The van der Waals surface area contributed by atoms with Gasteiger partial charge < -0.3 is 15.1 Å². The van der Waals surface area contributed by atoms with E-state index in [-0.39, 0.29) is 5.91 Å². The predicted octanol–water partition coefficient (Wildman–Crippen LogP) is 1.78. The number of carbonyl (C=O) groups is 1. The summed E-state index contributed by atoms with van der Waals surface area (Å²) in [6.07, 6.45) is 1.64. The van der Waals surface area contributed by atoms with Gasteiger partial charge in [-0.25, -0.2) is 9.97 Å². The molecule has 0 spiro atoms. The number of amides is 1. The van der Waals surface area contributed by atoms with Gasteiger partial charge in [-0.3, -0.25) is 4.79 Å². The number of aryl methyl sites for hydroxylation is 1. The monoisotopic (exact) mass is 325 g/mol. The lowest BCUT2D eigenvalue weighted by atomic mass is 10.1. The van der Waals surface area contributed by atoms with Crippen LogP contribution in [-0.2, 0) is 6.54 Å². The normalized spacial score (nSPS) is 15.3. The van der Waals surface area contributed by atoms with Gasteiger partial charge in [-0.05, 0) is 31.2 Å². The highest BCUT2D eigenvalue weighted by atomic mass is 16.2. The number of piperazine rings is 1. The third kappa shape index (κ3) is 3.89. The molecule has 1 aromatic heterocycles. The van der Waals surface area contributed by atoms with Crippen LogP contribution in [0.25, 0.3) is 0 Å². The molecule has 1 fully saturated rings. The second-order valence-corrected chi connectivity index (χ2v) is 6.14.